The van der Waals surface area contributed by atoms with E-state index in [-0.39, 0.29) is 0 Å². The average Bonchev–Trinajstić information content (AvgIpc) is 1.88. The SMILES string of the molecule is C1COCC[NH2+]1.[O-][Cl+3]([O-])([O-])[O-]. The molecule has 0 unspecified atom stereocenters. The molecule has 68 valence electrons. The minimum atomic E-state index is -4.94. The predicted octanol–water partition coefficient (Wildman–Crippen LogP) is -6.18. The van der Waals surface area contributed by atoms with Crippen LogP contribution < -0.4 is 24.0 Å². The molecule has 1 heterocycles. The molecule has 6 nitrogen and oxygen atoms in total. The maximum Gasteiger partial charge on any atom is 0.0993 e. The summed E-state index contributed by atoms with van der Waals surface area (Å²) in [6, 6.07) is 0. The van der Waals surface area contributed by atoms with Gasteiger partial charge in [-0.15, -0.1) is 10.2 Å². The van der Waals surface area contributed by atoms with Gasteiger partial charge in [-0.05, 0) is 0 Å². The Morgan fingerprint density at radius 3 is 1.45 bits per heavy atom. The Kier molecular flexibility index (Phi) is 5.69. The largest absolute Gasteiger partial charge is 0.370 e. The topological polar surface area (TPSA) is 118 Å². The average molecular weight is 188 g/mol. The third-order valence-electron chi connectivity index (χ3n) is 0.933. The van der Waals surface area contributed by atoms with Crippen molar-refractivity contribution in [3.05, 3.63) is 0 Å². The molecule has 0 aromatic rings. The maximum absolute atomic E-state index is 8.49. The number of hydrogen-bond acceptors (Lipinski definition) is 5. The van der Waals surface area contributed by atoms with Crippen LogP contribution in [0.3, 0.4) is 0 Å². The molecule has 0 aromatic heterocycles. The van der Waals surface area contributed by atoms with Crippen LogP contribution in [0.4, 0.5) is 0 Å². The highest BCUT2D eigenvalue weighted by atomic mass is 35.7. The molecule has 0 saturated carbocycles. The molecule has 2 N–H and O–H groups in total. The van der Waals surface area contributed by atoms with Crippen LogP contribution in [0.2, 0.25) is 0 Å². The first-order valence-corrected chi connectivity index (χ1v) is 4.25. The Morgan fingerprint density at radius 1 is 1.00 bits per heavy atom. The van der Waals surface area contributed by atoms with Crippen LogP contribution in [0.25, 0.3) is 0 Å². The molecule has 1 fully saturated rings. The molecule has 1 rings (SSSR count). The lowest BCUT2D eigenvalue weighted by Gasteiger charge is -2.17. The molecule has 0 atom stereocenters. The summed E-state index contributed by atoms with van der Waals surface area (Å²) in [5.41, 5.74) is 0. The van der Waals surface area contributed by atoms with Gasteiger partial charge in [0.25, 0.3) is 0 Å². The number of nitrogens with two attached hydrogens (primary N) is 1. The van der Waals surface area contributed by atoms with Crippen molar-refractivity contribution in [1.29, 1.82) is 0 Å². The van der Waals surface area contributed by atoms with Crippen molar-refractivity contribution in [1.82, 2.24) is 0 Å². The number of hydrogen-bond donors (Lipinski definition) is 1. The van der Waals surface area contributed by atoms with Gasteiger partial charge in [-0.25, -0.2) is 18.6 Å². The van der Waals surface area contributed by atoms with Gasteiger partial charge in [0.05, 0.1) is 26.3 Å². The maximum atomic E-state index is 8.49. The molecule has 1 saturated heterocycles. The van der Waals surface area contributed by atoms with Gasteiger partial charge in [0.1, 0.15) is 0 Å². The summed E-state index contributed by atoms with van der Waals surface area (Å²) >= 11 is 0. The highest BCUT2D eigenvalue weighted by molar-refractivity contribution is 4.30. The summed E-state index contributed by atoms with van der Waals surface area (Å²) < 4.78 is 39.0. The Balaban J connectivity index is 0.000000187. The third kappa shape index (κ3) is 17.8. The van der Waals surface area contributed by atoms with E-state index < -0.39 is 10.2 Å². The van der Waals surface area contributed by atoms with Gasteiger partial charge in [-0.3, -0.25) is 0 Å². The molecule has 0 spiro atoms. The molecular weight excluding hydrogens is 177 g/mol. The summed E-state index contributed by atoms with van der Waals surface area (Å²) in [7, 11) is -4.94. The van der Waals surface area contributed by atoms with E-state index in [0.29, 0.717) is 0 Å². The van der Waals surface area contributed by atoms with Crippen LogP contribution in [0.15, 0.2) is 0 Å². The van der Waals surface area contributed by atoms with Crippen LogP contribution in [-0.2, 0) is 4.74 Å². The van der Waals surface area contributed by atoms with E-state index in [4.69, 9.17) is 23.4 Å². The monoisotopic (exact) mass is 187 g/mol. The Morgan fingerprint density at radius 2 is 1.36 bits per heavy atom. The van der Waals surface area contributed by atoms with Crippen molar-refractivity contribution in [3.63, 3.8) is 0 Å². The van der Waals surface area contributed by atoms with E-state index in [0.717, 1.165) is 26.3 Å². The standard InChI is InChI=1S/C4H9NO.ClHO4/c1-3-6-4-2-5-1;2-1(3,4)5/h5H,1-4H2;(H,2,3,4,5). The van der Waals surface area contributed by atoms with E-state index in [2.05, 4.69) is 5.32 Å². The van der Waals surface area contributed by atoms with Crippen LogP contribution in [-0.4, -0.2) is 26.3 Å². The van der Waals surface area contributed by atoms with Crippen LogP contribution in [0.5, 0.6) is 0 Å². The first kappa shape index (κ1) is 11.1. The summed E-state index contributed by atoms with van der Waals surface area (Å²) in [6.07, 6.45) is 0. The molecule has 1 aliphatic rings. The number of rotatable bonds is 0. The minimum absolute atomic E-state index is 0.944. The van der Waals surface area contributed by atoms with E-state index >= 15 is 0 Å². The normalized spacial score (nSPS) is 18.5. The number of quaternary nitrogens is 1. The summed E-state index contributed by atoms with van der Waals surface area (Å²) in [6.45, 7) is 4.19. The molecule has 11 heavy (non-hydrogen) atoms. The van der Waals surface area contributed by atoms with Crippen molar-refractivity contribution in [2.24, 2.45) is 0 Å². The van der Waals surface area contributed by atoms with Crippen molar-refractivity contribution in [2.75, 3.05) is 26.3 Å². The van der Waals surface area contributed by atoms with Crippen molar-refractivity contribution in [2.45, 2.75) is 0 Å². The van der Waals surface area contributed by atoms with Gasteiger partial charge in [0, 0.05) is 0 Å². The summed E-state index contributed by atoms with van der Waals surface area (Å²) in [5, 5.41) is 2.27. The Bertz CT molecular complexity index is 73.5. The first-order valence-electron chi connectivity index (χ1n) is 3.01. The first-order chi connectivity index (χ1) is 5.00. The Hall–Kier alpha value is 0.0500. The second-order valence-corrected chi connectivity index (χ2v) is 2.61. The zero-order valence-corrected chi connectivity index (χ0v) is 6.58. The lowest BCUT2D eigenvalue weighted by molar-refractivity contribution is -2.00. The highest BCUT2D eigenvalue weighted by Crippen LogP contribution is 1.69. The van der Waals surface area contributed by atoms with Gasteiger partial charge in [-0.1, -0.05) is 0 Å². The molecule has 1 aliphatic heterocycles. The molecule has 0 radical (unpaired) electrons. The molecule has 0 bridgehead atoms. The lowest BCUT2D eigenvalue weighted by atomic mass is 10.5. The zero-order valence-electron chi connectivity index (χ0n) is 5.82. The summed E-state index contributed by atoms with van der Waals surface area (Å²) in [4.78, 5) is 0. The highest BCUT2D eigenvalue weighted by Gasteiger charge is 1.96. The van der Waals surface area contributed by atoms with Gasteiger partial charge < -0.3 is 10.1 Å². The zero-order chi connectivity index (χ0) is 8.74. The molecule has 7 heteroatoms. The molecule has 0 amide bonds. The van der Waals surface area contributed by atoms with E-state index in [9.17, 15) is 0 Å². The number of morpholine rings is 1. The fourth-order valence-corrected chi connectivity index (χ4v) is 0.580. The van der Waals surface area contributed by atoms with E-state index in [1.165, 1.54) is 0 Å². The molecule has 0 aromatic carbocycles. The summed E-state index contributed by atoms with van der Waals surface area (Å²) in [5.74, 6) is 0. The molecule has 0 aliphatic carbocycles. The fraction of sp³-hybridized carbons (Fsp3) is 1.00. The van der Waals surface area contributed by atoms with E-state index in [1.54, 1.807) is 0 Å². The van der Waals surface area contributed by atoms with Crippen molar-refractivity contribution >= 4 is 0 Å². The number of halogens is 1. The Labute approximate surface area is 66.1 Å². The third-order valence-corrected chi connectivity index (χ3v) is 0.933. The predicted molar refractivity (Wildman–Crippen MR) is 22.5 cm³/mol. The molecular formula is C4H10ClNO5. The van der Waals surface area contributed by atoms with Crippen molar-refractivity contribution < 1.29 is 38.9 Å². The number of ether oxygens (including phenoxy) is 1. The van der Waals surface area contributed by atoms with Gasteiger partial charge in [0.15, 0.2) is 0 Å². The van der Waals surface area contributed by atoms with Crippen LogP contribution in [0, 0.1) is 10.2 Å². The van der Waals surface area contributed by atoms with E-state index in [1.807, 2.05) is 0 Å². The smallest absolute Gasteiger partial charge is 0.0993 e. The van der Waals surface area contributed by atoms with Gasteiger partial charge >= 0.3 is 0 Å². The van der Waals surface area contributed by atoms with Crippen LogP contribution in [0.1, 0.15) is 0 Å². The van der Waals surface area contributed by atoms with Gasteiger partial charge in [-0.2, -0.15) is 0 Å². The van der Waals surface area contributed by atoms with Crippen molar-refractivity contribution in [3.8, 4) is 0 Å². The minimum Gasteiger partial charge on any atom is -0.370 e. The quantitative estimate of drug-likeness (QED) is 0.405. The second-order valence-electron chi connectivity index (χ2n) is 1.86. The fourth-order valence-electron chi connectivity index (χ4n) is 0.580. The van der Waals surface area contributed by atoms with Gasteiger partial charge in [0.2, 0.25) is 0 Å². The van der Waals surface area contributed by atoms with Crippen LogP contribution >= 0.6 is 0 Å². The second kappa shape index (κ2) is 5.67. The lowest BCUT2D eigenvalue weighted by Crippen LogP contribution is -2.87.